The summed E-state index contributed by atoms with van der Waals surface area (Å²) in [4.78, 5) is 23.2. The summed E-state index contributed by atoms with van der Waals surface area (Å²) in [6.07, 6.45) is 1.97. The first-order valence-electron chi connectivity index (χ1n) is 5.70. The van der Waals surface area contributed by atoms with E-state index < -0.39 is 11.0 Å². The van der Waals surface area contributed by atoms with E-state index in [1.54, 1.807) is 25.2 Å². The number of carbonyl (C=O) groups excluding carboxylic acids is 1. The fourth-order valence-corrected chi connectivity index (χ4v) is 1.43. The van der Waals surface area contributed by atoms with Crippen molar-refractivity contribution in [2.45, 2.75) is 12.5 Å². The van der Waals surface area contributed by atoms with Gasteiger partial charge < -0.3 is 10.0 Å². The van der Waals surface area contributed by atoms with Gasteiger partial charge in [0.05, 0.1) is 11.0 Å². The summed E-state index contributed by atoms with van der Waals surface area (Å²) in [6, 6.07) is 5.51. The largest absolute Gasteiger partial charge is 0.388 e. The number of nitrogens with zero attached hydrogens (tertiary/aromatic N) is 2. The molecule has 102 valence electrons. The lowest BCUT2D eigenvalue weighted by molar-refractivity contribution is -0.384. The van der Waals surface area contributed by atoms with Crippen LogP contribution in [0.4, 0.5) is 5.69 Å². The Morgan fingerprint density at radius 2 is 2.00 bits per heavy atom. The Bertz CT molecular complexity index is 480. The molecule has 0 aromatic heterocycles. The Morgan fingerprint density at radius 3 is 2.47 bits per heavy atom. The van der Waals surface area contributed by atoms with Gasteiger partial charge in [0.15, 0.2) is 5.78 Å². The fraction of sp³-hybridized carbons (Fsp3) is 0.308. The zero-order valence-corrected chi connectivity index (χ0v) is 10.8. The second kappa shape index (κ2) is 6.65. The number of aliphatic hydroxyl groups is 1. The fourth-order valence-electron chi connectivity index (χ4n) is 1.43. The topological polar surface area (TPSA) is 83.7 Å². The molecule has 0 aliphatic rings. The number of rotatable bonds is 6. The van der Waals surface area contributed by atoms with Gasteiger partial charge in [-0.15, -0.1) is 0 Å². The summed E-state index contributed by atoms with van der Waals surface area (Å²) < 4.78 is 0. The first kappa shape index (κ1) is 14.8. The molecule has 1 unspecified atom stereocenters. The van der Waals surface area contributed by atoms with E-state index in [4.69, 9.17) is 0 Å². The second-order valence-electron chi connectivity index (χ2n) is 4.31. The first-order valence-corrected chi connectivity index (χ1v) is 5.70. The predicted molar refractivity (Wildman–Crippen MR) is 70.5 cm³/mol. The maximum absolute atomic E-state index is 11.5. The van der Waals surface area contributed by atoms with Crippen LogP contribution in [-0.4, -0.2) is 34.8 Å². The molecule has 1 atom stereocenters. The molecule has 0 saturated carbocycles. The van der Waals surface area contributed by atoms with Crippen molar-refractivity contribution in [1.29, 1.82) is 0 Å². The Labute approximate surface area is 111 Å². The molecule has 1 N–H and O–H groups in total. The highest BCUT2D eigenvalue weighted by molar-refractivity contribution is 5.89. The maximum Gasteiger partial charge on any atom is 0.269 e. The zero-order valence-electron chi connectivity index (χ0n) is 10.8. The third kappa shape index (κ3) is 4.89. The molecule has 0 spiro atoms. The number of benzene rings is 1. The molecular weight excluding hydrogens is 248 g/mol. The highest BCUT2D eigenvalue weighted by Crippen LogP contribution is 2.20. The van der Waals surface area contributed by atoms with E-state index in [-0.39, 0.29) is 17.9 Å². The number of aliphatic hydroxyl groups excluding tert-OH is 1. The molecule has 0 radical (unpaired) electrons. The number of hydrogen-bond donors (Lipinski definition) is 1. The average Bonchev–Trinajstić information content (AvgIpc) is 2.36. The summed E-state index contributed by atoms with van der Waals surface area (Å²) in [5, 5.41) is 20.3. The van der Waals surface area contributed by atoms with E-state index in [2.05, 4.69) is 0 Å². The summed E-state index contributed by atoms with van der Waals surface area (Å²) in [6.45, 7) is 0. The minimum Gasteiger partial charge on any atom is -0.388 e. The van der Waals surface area contributed by atoms with Crippen LogP contribution in [0.1, 0.15) is 18.1 Å². The van der Waals surface area contributed by atoms with Crippen LogP contribution in [0.5, 0.6) is 0 Å². The van der Waals surface area contributed by atoms with Crippen LogP contribution >= 0.6 is 0 Å². The number of hydrogen-bond acceptors (Lipinski definition) is 5. The van der Waals surface area contributed by atoms with Gasteiger partial charge >= 0.3 is 0 Å². The lowest BCUT2D eigenvalue weighted by Crippen LogP contribution is -2.07. The molecule has 0 saturated heterocycles. The number of non-ortho nitro benzene ring substituents is 1. The van der Waals surface area contributed by atoms with Gasteiger partial charge in [-0.1, -0.05) is 0 Å². The Kier molecular flexibility index (Phi) is 5.20. The molecule has 19 heavy (non-hydrogen) atoms. The number of allylic oxidation sites excluding steroid dienone is 1. The lowest BCUT2D eigenvalue weighted by atomic mass is 10.0. The van der Waals surface area contributed by atoms with Crippen molar-refractivity contribution in [3.05, 3.63) is 52.2 Å². The van der Waals surface area contributed by atoms with Crippen molar-refractivity contribution in [3.8, 4) is 0 Å². The Hall–Kier alpha value is -2.21. The molecule has 0 fully saturated rings. The van der Waals surface area contributed by atoms with E-state index in [0.29, 0.717) is 5.56 Å². The van der Waals surface area contributed by atoms with E-state index >= 15 is 0 Å². The highest BCUT2D eigenvalue weighted by atomic mass is 16.6. The standard InChI is InChI=1S/C13H16N2O4/c1-14(2)8-7-12(16)9-13(17)10-3-5-11(6-4-10)15(18)19/h3-8,13,17H,9H2,1-2H3/b8-7+. The monoisotopic (exact) mass is 264 g/mol. The lowest BCUT2D eigenvalue weighted by Gasteiger charge is -2.09. The van der Waals surface area contributed by atoms with Crippen LogP contribution in [0.3, 0.4) is 0 Å². The van der Waals surface area contributed by atoms with E-state index in [9.17, 15) is 20.0 Å². The average molecular weight is 264 g/mol. The number of ketones is 1. The van der Waals surface area contributed by atoms with Crippen molar-refractivity contribution >= 4 is 11.5 Å². The molecule has 6 nitrogen and oxygen atoms in total. The maximum atomic E-state index is 11.5. The van der Waals surface area contributed by atoms with Crippen LogP contribution in [0, 0.1) is 10.1 Å². The molecule has 1 rings (SSSR count). The normalized spacial score (nSPS) is 12.4. The minimum atomic E-state index is -0.958. The van der Waals surface area contributed by atoms with Gasteiger partial charge in [-0.3, -0.25) is 14.9 Å². The van der Waals surface area contributed by atoms with Gasteiger partial charge in [0.2, 0.25) is 0 Å². The van der Waals surface area contributed by atoms with Gasteiger partial charge in [0, 0.05) is 38.8 Å². The summed E-state index contributed by atoms with van der Waals surface area (Å²) in [5.74, 6) is -0.209. The quantitative estimate of drug-likeness (QED) is 0.480. The second-order valence-corrected chi connectivity index (χ2v) is 4.31. The van der Waals surface area contributed by atoms with Gasteiger partial charge in [-0.25, -0.2) is 0 Å². The molecule has 0 aliphatic heterocycles. The van der Waals surface area contributed by atoms with E-state index in [1.807, 2.05) is 0 Å². The number of carbonyl (C=O) groups is 1. The smallest absolute Gasteiger partial charge is 0.269 e. The Morgan fingerprint density at radius 1 is 1.42 bits per heavy atom. The van der Waals surface area contributed by atoms with Crippen molar-refractivity contribution in [2.75, 3.05) is 14.1 Å². The van der Waals surface area contributed by atoms with Crippen LogP contribution in [-0.2, 0) is 4.79 Å². The van der Waals surface area contributed by atoms with Crippen molar-refractivity contribution < 1.29 is 14.8 Å². The third-order valence-corrected chi connectivity index (χ3v) is 2.44. The summed E-state index contributed by atoms with van der Waals surface area (Å²) in [5.41, 5.74) is 0.437. The molecule has 1 aromatic rings. The van der Waals surface area contributed by atoms with Crippen LogP contribution in [0.2, 0.25) is 0 Å². The zero-order chi connectivity index (χ0) is 14.4. The van der Waals surface area contributed by atoms with Crippen molar-refractivity contribution in [1.82, 2.24) is 4.90 Å². The highest BCUT2D eigenvalue weighted by Gasteiger charge is 2.13. The van der Waals surface area contributed by atoms with E-state index in [0.717, 1.165) is 0 Å². The van der Waals surface area contributed by atoms with Crippen LogP contribution < -0.4 is 0 Å². The van der Waals surface area contributed by atoms with Crippen molar-refractivity contribution in [3.63, 3.8) is 0 Å². The predicted octanol–water partition coefficient (Wildman–Crippen LogP) is 1.66. The van der Waals surface area contributed by atoms with Gasteiger partial charge in [-0.05, 0) is 23.8 Å². The van der Waals surface area contributed by atoms with Gasteiger partial charge in [0.25, 0.3) is 5.69 Å². The molecule has 0 bridgehead atoms. The first-order chi connectivity index (χ1) is 8.90. The number of nitro benzene ring substituents is 1. The van der Waals surface area contributed by atoms with Gasteiger partial charge in [-0.2, -0.15) is 0 Å². The number of nitro groups is 1. The SMILES string of the molecule is CN(C)/C=C/C(=O)CC(O)c1ccc([N+](=O)[O-])cc1. The summed E-state index contributed by atoms with van der Waals surface area (Å²) >= 11 is 0. The molecule has 1 aromatic carbocycles. The summed E-state index contributed by atoms with van der Waals surface area (Å²) in [7, 11) is 3.58. The molecule has 6 heteroatoms. The van der Waals surface area contributed by atoms with E-state index in [1.165, 1.54) is 30.3 Å². The molecular formula is C13H16N2O4. The minimum absolute atomic E-state index is 0.0465. The molecule has 0 amide bonds. The van der Waals surface area contributed by atoms with Crippen LogP contribution in [0.15, 0.2) is 36.5 Å². The van der Waals surface area contributed by atoms with Crippen LogP contribution in [0.25, 0.3) is 0 Å². The molecule has 0 aliphatic carbocycles. The Balaban J connectivity index is 2.65. The van der Waals surface area contributed by atoms with Crippen molar-refractivity contribution in [2.24, 2.45) is 0 Å². The molecule has 0 heterocycles. The van der Waals surface area contributed by atoms with Gasteiger partial charge in [0.1, 0.15) is 0 Å². The third-order valence-electron chi connectivity index (χ3n) is 2.44.